The summed E-state index contributed by atoms with van der Waals surface area (Å²) in [4.78, 5) is 35.3. The number of para-hydroxylation sites is 2. The minimum Gasteiger partial charge on any atom is -0.343 e. The second-order valence-corrected chi connectivity index (χ2v) is 4.89. The molecule has 0 unspecified atom stereocenters. The van der Waals surface area contributed by atoms with Gasteiger partial charge in [-0.2, -0.15) is 0 Å². The van der Waals surface area contributed by atoms with Crippen molar-refractivity contribution in [1.29, 1.82) is 0 Å². The quantitative estimate of drug-likeness (QED) is 0.633. The average molecular weight is 326 g/mol. The molecule has 7 nitrogen and oxygen atoms in total. The van der Waals surface area contributed by atoms with Crippen LogP contribution in [-0.4, -0.2) is 30.8 Å². The number of benzene rings is 2. The summed E-state index contributed by atoms with van der Waals surface area (Å²) in [6.45, 7) is -0.345. The van der Waals surface area contributed by atoms with E-state index in [9.17, 15) is 14.4 Å². The predicted molar refractivity (Wildman–Crippen MR) is 91.5 cm³/mol. The Kier molecular flexibility index (Phi) is 6.04. The van der Waals surface area contributed by atoms with Crippen molar-refractivity contribution in [3.8, 4) is 0 Å². The monoisotopic (exact) mass is 326 g/mol. The zero-order chi connectivity index (χ0) is 17.4. The Balaban J connectivity index is 1.93. The van der Waals surface area contributed by atoms with Crippen molar-refractivity contribution in [1.82, 2.24) is 5.32 Å². The molecule has 2 aromatic carbocycles. The topological polar surface area (TPSA) is 113 Å². The number of anilines is 2. The van der Waals surface area contributed by atoms with Crippen LogP contribution >= 0.6 is 0 Å². The van der Waals surface area contributed by atoms with Crippen LogP contribution in [0.5, 0.6) is 0 Å². The summed E-state index contributed by atoms with van der Waals surface area (Å²) >= 11 is 0. The second kappa shape index (κ2) is 8.44. The van der Waals surface area contributed by atoms with E-state index in [4.69, 9.17) is 5.73 Å². The van der Waals surface area contributed by atoms with Crippen molar-refractivity contribution in [3.05, 3.63) is 60.2 Å². The number of nitrogens with two attached hydrogens (primary N) is 1. The Morgan fingerprint density at radius 3 is 1.92 bits per heavy atom. The summed E-state index contributed by atoms with van der Waals surface area (Å²) in [5.41, 5.74) is 6.60. The number of rotatable bonds is 6. The van der Waals surface area contributed by atoms with Crippen LogP contribution in [0, 0.1) is 0 Å². The molecule has 7 heteroatoms. The van der Waals surface area contributed by atoms with Crippen LogP contribution in [0.2, 0.25) is 0 Å². The van der Waals surface area contributed by atoms with Gasteiger partial charge in [-0.15, -0.1) is 0 Å². The molecule has 0 heterocycles. The highest BCUT2D eigenvalue weighted by Gasteiger charge is 2.10. The van der Waals surface area contributed by atoms with Crippen molar-refractivity contribution in [3.63, 3.8) is 0 Å². The zero-order valence-corrected chi connectivity index (χ0v) is 12.9. The van der Waals surface area contributed by atoms with E-state index in [1.165, 1.54) is 0 Å². The van der Waals surface area contributed by atoms with Crippen LogP contribution < -0.4 is 21.7 Å². The van der Waals surface area contributed by atoms with Crippen LogP contribution in [0.15, 0.2) is 54.6 Å². The van der Waals surface area contributed by atoms with Crippen LogP contribution in [0.25, 0.3) is 0 Å². The maximum Gasteiger partial charge on any atom is 0.251 e. The maximum atomic E-state index is 12.0. The van der Waals surface area contributed by atoms with Crippen LogP contribution in [-0.2, 0) is 9.59 Å². The van der Waals surface area contributed by atoms with E-state index in [-0.39, 0.29) is 24.9 Å². The Bertz CT molecular complexity index is 732. The van der Waals surface area contributed by atoms with E-state index in [2.05, 4.69) is 16.0 Å². The van der Waals surface area contributed by atoms with E-state index in [0.717, 1.165) is 0 Å². The molecule has 2 aromatic rings. The summed E-state index contributed by atoms with van der Waals surface area (Å²) < 4.78 is 0. The van der Waals surface area contributed by atoms with E-state index in [1.807, 2.05) is 0 Å². The molecule has 3 amide bonds. The molecule has 0 aliphatic rings. The molecule has 0 aliphatic heterocycles. The number of nitrogens with one attached hydrogen (secondary N) is 3. The number of amides is 3. The lowest BCUT2D eigenvalue weighted by atomic mass is 10.2. The van der Waals surface area contributed by atoms with Gasteiger partial charge in [-0.05, 0) is 24.3 Å². The van der Waals surface area contributed by atoms with Gasteiger partial charge >= 0.3 is 0 Å². The maximum absolute atomic E-state index is 12.0. The van der Waals surface area contributed by atoms with Gasteiger partial charge < -0.3 is 21.7 Å². The van der Waals surface area contributed by atoms with Gasteiger partial charge in [-0.25, -0.2) is 0 Å². The highest BCUT2D eigenvalue weighted by Crippen LogP contribution is 2.20. The van der Waals surface area contributed by atoms with E-state index < -0.39 is 5.91 Å². The van der Waals surface area contributed by atoms with Crippen molar-refractivity contribution in [2.75, 3.05) is 23.7 Å². The molecule has 2 rings (SSSR count). The Labute approximate surface area is 139 Å². The third kappa shape index (κ3) is 4.92. The van der Waals surface area contributed by atoms with Crippen molar-refractivity contribution in [2.24, 2.45) is 5.73 Å². The summed E-state index contributed by atoms with van der Waals surface area (Å²) in [7, 11) is 0. The van der Waals surface area contributed by atoms with E-state index in [1.54, 1.807) is 54.6 Å². The smallest absolute Gasteiger partial charge is 0.251 e. The normalized spacial score (nSPS) is 9.88. The highest BCUT2D eigenvalue weighted by molar-refractivity contribution is 6.02. The molecular formula is C17H18N4O3. The molecule has 0 bridgehead atoms. The number of hydrogen-bond donors (Lipinski definition) is 4. The highest BCUT2D eigenvalue weighted by atomic mass is 16.2. The minimum atomic E-state index is -0.409. The van der Waals surface area contributed by atoms with Gasteiger partial charge in [0.25, 0.3) is 5.91 Å². The Hall–Kier alpha value is -3.19. The summed E-state index contributed by atoms with van der Waals surface area (Å²) in [5.74, 6) is -1.11. The molecule has 0 atom stereocenters. The van der Waals surface area contributed by atoms with Crippen LogP contribution in [0.1, 0.15) is 10.4 Å². The third-order valence-corrected chi connectivity index (χ3v) is 3.11. The lowest BCUT2D eigenvalue weighted by molar-refractivity contribution is -0.116. The molecule has 124 valence electrons. The largest absolute Gasteiger partial charge is 0.343 e. The van der Waals surface area contributed by atoms with Gasteiger partial charge in [0.2, 0.25) is 11.8 Å². The molecule has 5 N–H and O–H groups in total. The van der Waals surface area contributed by atoms with Crippen LogP contribution in [0.3, 0.4) is 0 Å². The van der Waals surface area contributed by atoms with Gasteiger partial charge in [0, 0.05) is 5.56 Å². The molecule has 0 aromatic heterocycles. The molecule has 0 saturated carbocycles. The Morgan fingerprint density at radius 1 is 0.792 bits per heavy atom. The molecule has 0 radical (unpaired) electrons. The average Bonchev–Trinajstić information content (AvgIpc) is 2.62. The van der Waals surface area contributed by atoms with Crippen molar-refractivity contribution < 1.29 is 14.4 Å². The summed E-state index contributed by atoms with van der Waals surface area (Å²) in [6.07, 6.45) is 0. The molecular weight excluding hydrogens is 308 g/mol. The predicted octanol–water partition coefficient (Wildman–Crippen LogP) is 0.952. The van der Waals surface area contributed by atoms with Gasteiger partial charge in [-0.1, -0.05) is 30.3 Å². The van der Waals surface area contributed by atoms with Gasteiger partial charge in [0.05, 0.1) is 24.5 Å². The van der Waals surface area contributed by atoms with E-state index >= 15 is 0 Å². The Morgan fingerprint density at radius 2 is 1.33 bits per heavy atom. The van der Waals surface area contributed by atoms with Gasteiger partial charge in [-0.3, -0.25) is 14.4 Å². The minimum absolute atomic E-state index is 0.157. The third-order valence-electron chi connectivity index (χ3n) is 3.11. The standard InChI is InChI=1S/C17H18N4O3/c18-10-15(22)20-13-8-4-5-9-14(13)21-16(23)11-19-17(24)12-6-2-1-3-7-12/h1-9H,10-11,18H2,(H,19,24)(H,20,22)(H,21,23). The van der Waals surface area contributed by atoms with Gasteiger partial charge in [0.15, 0.2) is 0 Å². The molecule has 0 fully saturated rings. The number of carbonyl (C=O) groups excluding carboxylic acids is 3. The van der Waals surface area contributed by atoms with Crippen molar-refractivity contribution in [2.45, 2.75) is 0 Å². The number of hydrogen-bond acceptors (Lipinski definition) is 4. The molecule has 0 saturated heterocycles. The number of carbonyl (C=O) groups is 3. The first-order valence-electron chi connectivity index (χ1n) is 7.32. The first kappa shape index (κ1) is 17.2. The molecule has 24 heavy (non-hydrogen) atoms. The first-order chi connectivity index (χ1) is 11.6. The fourth-order valence-corrected chi connectivity index (χ4v) is 1.95. The summed E-state index contributed by atoms with van der Waals surface area (Å²) in [6, 6.07) is 15.3. The lowest BCUT2D eigenvalue weighted by Crippen LogP contribution is -2.33. The molecule has 0 aliphatic carbocycles. The zero-order valence-electron chi connectivity index (χ0n) is 12.9. The first-order valence-corrected chi connectivity index (χ1v) is 7.32. The fraction of sp³-hybridized carbons (Fsp3) is 0.118. The lowest BCUT2D eigenvalue weighted by Gasteiger charge is -2.12. The van der Waals surface area contributed by atoms with E-state index in [0.29, 0.717) is 16.9 Å². The van der Waals surface area contributed by atoms with Crippen LogP contribution in [0.4, 0.5) is 11.4 Å². The van der Waals surface area contributed by atoms with Crippen molar-refractivity contribution >= 4 is 29.1 Å². The fourth-order valence-electron chi connectivity index (χ4n) is 1.95. The summed E-state index contributed by atoms with van der Waals surface area (Å²) in [5, 5.41) is 7.76. The SMILES string of the molecule is NCC(=O)Nc1ccccc1NC(=O)CNC(=O)c1ccccc1. The molecule has 0 spiro atoms. The van der Waals surface area contributed by atoms with Gasteiger partial charge in [0.1, 0.15) is 0 Å². The second-order valence-electron chi connectivity index (χ2n) is 4.89.